The normalized spacial score (nSPS) is 20.2. The standard InChI is InChI=1S/C15H19BrO3/c1-18-13-6-11(8-15(17)4-5-15)12(16)7-14(13)19-9-10-2-3-10/h6-7,10,17H,2-5,8-9H2,1H3. The smallest absolute Gasteiger partial charge is 0.162 e. The molecule has 1 N–H and O–H groups in total. The Morgan fingerprint density at radius 3 is 2.63 bits per heavy atom. The molecule has 3 rings (SSSR count). The summed E-state index contributed by atoms with van der Waals surface area (Å²) in [6, 6.07) is 3.94. The SMILES string of the molecule is COc1cc(CC2(O)CC2)c(Br)cc1OCC1CC1. The number of benzene rings is 1. The fraction of sp³-hybridized carbons (Fsp3) is 0.600. The van der Waals surface area contributed by atoms with Crippen molar-refractivity contribution < 1.29 is 14.6 Å². The van der Waals surface area contributed by atoms with Crippen LogP contribution in [-0.4, -0.2) is 24.4 Å². The Balaban J connectivity index is 1.77. The highest BCUT2D eigenvalue weighted by molar-refractivity contribution is 9.10. The van der Waals surface area contributed by atoms with Gasteiger partial charge in [0.2, 0.25) is 0 Å². The molecule has 2 aliphatic carbocycles. The van der Waals surface area contributed by atoms with Crippen molar-refractivity contribution in [1.82, 2.24) is 0 Å². The van der Waals surface area contributed by atoms with Crippen molar-refractivity contribution in [2.75, 3.05) is 13.7 Å². The van der Waals surface area contributed by atoms with E-state index in [9.17, 15) is 5.11 Å². The Morgan fingerprint density at radius 1 is 1.32 bits per heavy atom. The summed E-state index contributed by atoms with van der Waals surface area (Å²) >= 11 is 3.57. The Kier molecular flexibility index (Phi) is 3.48. The van der Waals surface area contributed by atoms with Gasteiger partial charge < -0.3 is 14.6 Å². The van der Waals surface area contributed by atoms with Gasteiger partial charge in [-0.25, -0.2) is 0 Å². The van der Waals surface area contributed by atoms with Crippen LogP contribution in [0, 0.1) is 5.92 Å². The monoisotopic (exact) mass is 326 g/mol. The summed E-state index contributed by atoms with van der Waals surface area (Å²) < 4.78 is 12.2. The molecule has 0 unspecified atom stereocenters. The third kappa shape index (κ3) is 3.23. The molecular weight excluding hydrogens is 308 g/mol. The number of hydrogen-bond donors (Lipinski definition) is 1. The van der Waals surface area contributed by atoms with E-state index in [2.05, 4.69) is 15.9 Å². The largest absolute Gasteiger partial charge is 0.493 e. The van der Waals surface area contributed by atoms with Crippen LogP contribution in [-0.2, 0) is 6.42 Å². The molecule has 0 bridgehead atoms. The van der Waals surface area contributed by atoms with Gasteiger partial charge >= 0.3 is 0 Å². The molecule has 0 aliphatic heterocycles. The Labute approximate surface area is 122 Å². The number of hydrogen-bond acceptors (Lipinski definition) is 3. The lowest BCUT2D eigenvalue weighted by Gasteiger charge is -2.15. The first-order chi connectivity index (χ1) is 9.09. The van der Waals surface area contributed by atoms with E-state index >= 15 is 0 Å². The number of aliphatic hydroxyl groups is 1. The predicted octanol–water partition coefficient (Wildman–Crippen LogP) is 3.31. The van der Waals surface area contributed by atoms with Crippen molar-refractivity contribution in [1.29, 1.82) is 0 Å². The summed E-state index contributed by atoms with van der Waals surface area (Å²) in [5.74, 6) is 2.26. The summed E-state index contributed by atoms with van der Waals surface area (Å²) in [7, 11) is 1.66. The topological polar surface area (TPSA) is 38.7 Å². The summed E-state index contributed by atoms with van der Waals surface area (Å²) in [5, 5.41) is 10.0. The molecule has 2 aliphatic rings. The zero-order valence-corrected chi connectivity index (χ0v) is 12.7. The average molecular weight is 327 g/mol. The first kappa shape index (κ1) is 13.3. The van der Waals surface area contributed by atoms with Gasteiger partial charge in [-0.05, 0) is 49.3 Å². The number of ether oxygens (including phenoxy) is 2. The second kappa shape index (κ2) is 4.98. The van der Waals surface area contributed by atoms with Crippen LogP contribution in [0.3, 0.4) is 0 Å². The molecule has 2 fully saturated rings. The summed E-state index contributed by atoms with van der Waals surface area (Å²) in [6.45, 7) is 0.770. The molecule has 0 spiro atoms. The molecule has 0 aromatic heterocycles. The van der Waals surface area contributed by atoms with Crippen molar-refractivity contribution in [2.45, 2.75) is 37.7 Å². The summed E-state index contributed by atoms with van der Waals surface area (Å²) in [5.41, 5.74) is 0.583. The Bertz CT molecular complexity index is 479. The van der Waals surface area contributed by atoms with Gasteiger partial charge in [0.05, 0.1) is 19.3 Å². The van der Waals surface area contributed by atoms with Crippen molar-refractivity contribution in [3.8, 4) is 11.5 Å². The molecule has 104 valence electrons. The number of methoxy groups -OCH3 is 1. The molecule has 0 heterocycles. The molecule has 1 aromatic rings. The molecule has 0 radical (unpaired) electrons. The molecule has 2 saturated carbocycles. The maximum atomic E-state index is 10.0. The van der Waals surface area contributed by atoms with Crippen molar-refractivity contribution in [3.05, 3.63) is 22.2 Å². The molecule has 19 heavy (non-hydrogen) atoms. The molecule has 0 amide bonds. The van der Waals surface area contributed by atoms with E-state index < -0.39 is 5.60 Å². The van der Waals surface area contributed by atoms with E-state index in [1.807, 2.05) is 12.1 Å². The van der Waals surface area contributed by atoms with Gasteiger partial charge in [0.15, 0.2) is 11.5 Å². The van der Waals surface area contributed by atoms with Crippen LogP contribution in [0.4, 0.5) is 0 Å². The van der Waals surface area contributed by atoms with E-state index in [0.717, 1.165) is 46.9 Å². The fourth-order valence-corrected chi connectivity index (χ4v) is 2.62. The number of rotatable bonds is 6. The van der Waals surface area contributed by atoms with Crippen LogP contribution in [0.5, 0.6) is 11.5 Å². The first-order valence-corrected chi connectivity index (χ1v) is 7.60. The highest BCUT2D eigenvalue weighted by Gasteiger charge is 2.40. The lowest BCUT2D eigenvalue weighted by molar-refractivity contribution is 0.150. The lowest BCUT2D eigenvalue weighted by atomic mass is 10.1. The molecular formula is C15H19BrO3. The second-order valence-electron chi connectivity index (χ2n) is 5.75. The maximum absolute atomic E-state index is 10.0. The molecule has 0 saturated heterocycles. The van der Waals surface area contributed by atoms with Crippen molar-refractivity contribution in [2.24, 2.45) is 5.92 Å². The van der Waals surface area contributed by atoms with E-state index in [1.54, 1.807) is 7.11 Å². The summed E-state index contributed by atoms with van der Waals surface area (Å²) in [6.07, 6.45) is 5.00. The predicted molar refractivity (Wildman–Crippen MR) is 76.8 cm³/mol. The Hall–Kier alpha value is -0.740. The summed E-state index contributed by atoms with van der Waals surface area (Å²) in [4.78, 5) is 0. The van der Waals surface area contributed by atoms with Gasteiger partial charge in [-0.15, -0.1) is 0 Å². The molecule has 1 aromatic carbocycles. The molecule has 3 nitrogen and oxygen atoms in total. The maximum Gasteiger partial charge on any atom is 0.162 e. The minimum atomic E-state index is -0.496. The van der Waals surface area contributed by atoms with E-state index in [4.69, 9.17) is 9.47 Å². The highest BCUT2D eigenvalue weighted by atomic mass is 79.9. The zero-order valence-electron chi connectivity index (χ0n) is 11.1. The van der Waals surface area contributed by atoms with Gasteiger partial charge in [0.25, 0.3) is 0 Å². The van der Waals surface area contributed by atoms with Crippen LogP contribution < -0.4 is 9.47 Å². The number of halogens is 1. The first-order valence-electron chi connectivity index (χ1n) is 6.81. The average Bonchev–Trinajstić information content (AvgIpc) is 3.28. The third-order valence-electron chi connectivity index (χ3n) is 3.85. The second-order valence-corrected chi connectivity index (χ2v) is 6.60. The van der Waals surface area contributed by atoms with Crippen LogP contribution >= 0.6 is 15.9 Å². The highest BCUT2D eigenvalue weighted by Crippen LogP contribution is 2.42. The van der Waals surface area contributed by atoms with Gasteiger partial charge in [-0.2, -0.15) is 0 Å². The van der Waals surface area contributed by atoms with Gasteiger partial charge in [-0.3, -0.25) is 0 Å². The van der Waals surface area contributed by atoms with Crippen molar-refractivity contribution in [3.63, 3.8) is 0 Å². The van der Waals surface area contributed by atoms with E-state index in [1.165, 1.54) is 12.8 Å². The third-order valence-corrected chi connectivity index (χ3v) is 4.59. The van der Waals surface area contributed by atoms with Crippen LogP contribution in [0.2, 0.25) is 0 Å². The van der Waals surface area contributed by atoms with Crippen LogP contribution in [0.15, 0.2) is 16.6 Å². The lowest BCUT2D eigenvalue weighted by Crippen LogP contribution is -2.11. The van der Waals surface area contributed by atoms with Gasteiger partial charge in [0.1, 0.15) is 0 Å². The fourth-order valence-electron chi connectivity index (χ4n) is 2.15. The van der Waals surface area contributed by atoms with Gasteiger partial charge in [0, 0.05) is 10.9 Å². The Morgan fingerprint density at radius 2 is 2.05 bits per heavy atom. The van der Waals surface area contributed by atoms with Crippen LogP contribution in [0.25, 0.3) is 0 Å². The van der Waals surface area contributed by atoms with E-state index in [0.29, 0.717) is 6.42 Å². The molecule has 4 heteroatoms. The quantitative estimate of drug-likeness (QED) is 0.871. The molecule has 0 atom stereocenters. The minimum Gasteiger partial charge on any atom is -0.493 e. The zero-order chi connectivity index (χ0) is 13.5. The van der Waals surface area contributed by atoms with Crippen molar-refractivity contribution >= 4 is 15.9 Å². The van der Waals surface area contributed by atoms with Gasteiger partial charge in [-0.1, -0.05) is 15.9 Å². The minimum absolute atomic E-state index is 0.496. The van der Waals surface area contributed by atoms with Crippen LogP contribution in [0.1, 0.15) is 31.2 Å². The van der Waals surface area contributed by atoms with E-state index in [-0.39, 0.29) is 0 Å².